The van der Waals surface area contributed by atoms with Gasteiger partial charge in [0, 0.05) is 17.6 Å². The lowest BCUT2D eigenvalue weighted by atomic mass is 9.96. The fourth-order valence-corrected chi connectivity index (χ4v) is 2.77. The maximum Gasteiger partial charge on any atom is 0.254 e. The van der Waals surface area contributed by atoms with Crippen LogP contribution in [0.1, 0.15) is 43.5 Å². The van der Waals surface area contributed by atoms with Gasteiger partial charge in [0.25, 0.3) is 5.91 Å². The topological polar surface area (TPSA) is 46.3 Å². The highest BCUT2D eigenvalue weighted by molar-refractivity contribution is 6.33. The van der Waals surface area contributed by atoms with Crippen molar-refractivity contribution in [1.29, 1.82) is 0 Å². The Hall–Kier alpha value is -1.22. The number of nitrogens with two attached hydrogens (primary N) is 1. The molecule has 2 rings (SSSR count). The summed E-state index contributed by atoms with van der Waals surface area (Å²) in [5.74, 6) is 0.0538. The first-order valence-electron chi connectivity index (χ1n) is 6.38. The van der Waals surface area contributed by atoms with Crippen molar-refractivity contribution in [2.45, 2.75) is 45.2 Å². The molecule has 1 saturated heterocycles. The monoisotopic (exact) mass is 266 g/mol. The quantitative estimate of drug-likeness (QED) is 0.793. The number of anilines is 1. The lowest BCUT2D eigenvalue weighted by Crippen LogP contribution is -2.47. The predicted molar refractivity (Wildman–Crippen MR) is 74.8 cm³/mol. The van der Waals surface area contributed by atoms with E-state index >= 15 is 0 Å². The minimum Gasteiger partial charge on any atom is -0.398 e. The Labute approximate surface area is 113 Å². The number of benzene rings is 1. The number of nitrogens with zero attached hydrogens (tertiary/aromatic N) is 1. The van der Waals surface area contributed by atoms with Gasteiger partial charge in [-0.15, -0.1) is 0 Å². The second-order valence-electron chi connectivity index (χ2n) is 5.08. The third kappa shape index (κ3) is 2.46. The Morgan fingerprint density at radius 2 is 1.94 bits per heavy atom. The molecule has 1 aromatic rings. The van der Waals surface area contributed by atoms with Gasteiger partial charge in [0.2, 0.25) is 0 Å². The Kier molecular flexibility index (Phi) is 3.81. The number of likely N-dealkylation sites (tertiary alicyclic amines) is 1. The minimum absolute atomic E-state index is 0.0538. The molecule has 0 aliphatic carbocycles. The van der Waals surface area contributed by atoms with Crippen molar-refractivity contribution in [1.82, 2.24) is 4.90 Å². The highest BCUT2D eigenvalue weighted by Gasteiger charge is 2.29. The first-order chi connectivity index (χ1) is 8.50. The molecule has 0 spiro atoms. The van der Waals surface area contributed by atoms with Crippen LogP contribution >= 0.6 is 11.6 Å². The molecule has 2 N–H and O–H groups in total. The molecule has 2 atom stereocenters. The zero-order valence-electron chi connectivity index (χ0n) is 10.8. The predicted octanol–water partition coefficient (Wildman–Crippen LogP) is 3.33. The summed E-state index contributed by atoms with van der Waals surface area (Å²) in [6.45, 7) is 4.21. The first-order valence-corrected chi connectivity index (χ1v) is 6.76. The molecular weight excluding hydrogens is 248 g/mol. The smallest absolute Gasteiger partial charge is 0.254 e. The number of piperidine rings is 1. The SMILES string of the molecule is C[C@@H]1CCC[C@@H](C)N1C(=O)c1ccc(Cl)c(N)c1. The molecule has 1 heterocycles. The molecule has 0 saturated carbocycles. The highest BCUT2D eigenvalue weighted by atomic mass is 35.5. The van der Waals surface area contributed by atoms with E-state index in [9.17, 15) is 4.79 Å². The molecule has 0 aromatic heterocycles. The fourth-order valence-electron chi connectivity index (χ4n) is 2.65. The van der Waals surface area contributed by atoms with E-state index in [4.69, 9.17) is 17.3 Å². The molecule has 1 aromatic carbocycles. The molecule has 0 radical (unpaired) electrons. The summed E-state index contributed by atoms with van der Waals surface area (Å²) in [6, 6.07) is 5.67. The average molecular weight is 267 g/mol. The molecular formula is C14H19ClN2O. The zero-order valence-corrected chi connectivity index (χ0v) is 11.6. The Balaban J connectivity index is 2.26. The molecule has 18 heavy (non-hydrogen) atoms. The van der Waals surface area contributed by atoms with Gasteiger partial charge in [-0.2, -0.15) is 0 Å². The van der Waals surface area contributed by atoms with Gasteiger partial charge in [0.15, 0.2) is 0 Å². The molecule has 1 amide bonds. The van der Waals surface area contributed by atoms with Gasteiger partial charge >= 0.3 is 0 Å². The van der Waals surface area contributed by atoms with Crippen LogP contribution in [0.3, 0.4) is 0 Å². The summed E-state index contributed by atoms with van der Waals surface area (Å²) in [5, 5.41) is 0.492. The summed E-state index contributed by atoms with van der Waals surface area (Å²) < 4.78 is 0. The second-order valence-corrected chi connectivity index (χ2v) is 5.48. The molecule has 4 heteroatoms. The normalized spacial score (nSPS) is 24.1. The van der Waals surface area contributed by atoms with Crippen LogP contribution in [0.25, 0.3) is 0 Å². The van der Waals surface area contributed by atoms with E-state index in [1.165, 1.54) is 6.42 Å². The Bertz CT molecular complexity index is 451. The van der Waals surface area contributed by atoms with Crippen molar-refractivity contribution in [3.05, 3.63) is 28.8 Å². The highest BCUT2D eigenvalue weighted by Crippen LogP contribution is 2.26. The third-order valence-corrected chi connectivity index (χ3v) is 4.02. The van der Waals surface area contributed by atoms with E-state index in [1.54, 1.807) is 18.2 Å². The van der Waals surface area contributed by atoms with Gasteiger partial charge in [0.05, 0.1) is 10.7 Å². The van der Waals surface area contributed by atoms with Crippen LogP contribution in [-0.2, 0) is 0 Å². The summed E-state index contributed by atoms with van der Waals surface area (Å²) >= 11 is 5.88. The van der Waals surface area contributed by atoms with E-state index in [0.29, 0.717) is 16.3 Å². The maximum atomic E-state index is 12.5. The van der Waals surface area contributed by atoms with Crippen LogP contribution in [-0.4, -0.2) is 22.9 Å². The number of carbonyl (C=O) groups is 1. The number of amides is 1. The zero-order chi connectivity index (χ0) is 13.3. The van der Waals surface area contributed by atoms with E-state index in [2.05, 4.69) is 13.8 Å². The summed E-state index contributed by atoms with van der Waals surface area (Å²) in [5.41, 5.74) is 6.84. The first kappa shape index (κ1) is 13.2. The van der Waals surface area contributed by atoms with Crippen LogP contribution in [0.4, 0.5) is 5.69 Å². The molecule has 1 aliphatic rings. The summed E-state index contributed by atoms with van der Waals surface area (Å²) in [4.78, 5) is 14.5. The number of nitrogen functional groups attached to an aromatic ring is 1. The van der Waals surface area contributed by atoms with Crippen LogP contribution in [0.15, 0.2) is 18.2 Å². The molecule has 1 fully saturated rings. The van der Waals surface area contributed by atoms with Gasteiger partial charge in [-0.25, -0.2) is 0 Å². The van der Waals surface area contributed by atoms with Crippen molar-refractivity contribution in [3.63, 3.8) is 0 Å². The third-order valence-electron chi connectivity index (χ3n) is 3.67. The van der Waals surface area contributed by atoms with Gasteiger partial charge in [-0.05, 0) is 51.3 Å². The number of hydrogen-bond donors (Lipinski definition) is 1. The van der Waals surface area contributed by atoms with Crippen molar-refractivity contribution < 1.29 is 4.79 Å². The molecule has 98 valence electrons. The lowest BCUT2D eigenvalue weighted by Gasteiger charge is -2.39. The molecule has 3 nitrogen and oxygen atoms in total. The standard InChI is InChI=1S/C14H19ClN2O/c1-9-4-3-5-10(2)17(9)14(18)11-6-7-12(15)13(16)8-11/h6-10H,3-5,16H2,1-2H3/t9-,10-/m1/s1. The van der Waals surface area contributed by atoms with Crippen LogP contribution in [0.5, 0.6) is 0 Å². The van der Waals surface area contributed by atoms with Crippen molar-refractivity contribution >= 4 is 23.2 Å². The average Bonchev–Trinajstić information content (AvgIpc) is 2.32. The summed E-state index contributed by atoms with van der Waals surface area (Å²) in [7, 11) is 0. The number of rotatable bonds is 1. The maximum absolute atomic E-state index is 12.5. The van der Waals surface area contributed by atoms with Crippen LogP contribution < -0.4 is 5.73 Å². The van der Waals surface area contributed by atoms with E-state index in [-0.39, 0.29) is 18.0 Å². The Morgan fingerprint density at radius 3 is 2.50 bits per heavy atom. The largest absolute Gasteiger partial charge is 0.398 e. The molecule has 0 unspecified atom stereocenters. The van der Waals surface area contributed by atoms with Gasteiger partial charge in [-0.3, -0.25) is 4.79 Å². The molecule has 0 bridgehead atoms. The van der Waals surface area contributed by atoms with E-state index in [0.717, 1.165) is 12.8 Å². The Morgan fingerprint density at radius 1 is 1.33 bits per heavy atom. The van der Waals surface area contributed by atoms with Gasteiger partial charge in [0.1, 0.15) is 0 Å². The number of hydrogen-bond acceptors (Lipinski definition) is 2. The van der Waals surface area contributed by atoms with E-state index in [1.807, 2.05) is 4.90 Å². The number of halogens is 1. The van der Waals surface area contributed by atoms with E-state index < -0.39 is 0 Å². The van der Waals surface area contributed by atoms with Crippen molar-refractivity contribution in [2.75, 3.05) is 5.73 Å². The van der Waals surface area contributed by atoms with Crippen molar-refractivity contribution in [3.8, 4) is 0 Å². The fraction of sp³-hybridized carbons (Fsp3) is 0.500. The van der Waals surface area contributed by atoms with Crippen molar-refractivity contribution in [2.24, 2.45) is 0 Å². The van der Waals surface area contributed by atoms with Gasteiger partial charge in [-0.1, -0.05) is 11.6 Å². The van der Waals surface area contributed by atoms with Crippen LogP contribution in [0, 0.1) is 0 Å². The van der Waals surface area contributed by atoms with Crippen LogP contribution in [0.2, 0.25) is 5.02 Å². The lowest BCUT2D eigenvalue weighted by molar-refractivity contribution is 0.0511. The second kappa shape index (κ2) is 5.19. The van der Waals surface area contributed by atoms with Gasteiger partial charge < -0.3 is 10.6 Å². The minimum atomic E-state index is 0.0538. The number of carbonyl (C=O) groups excluding carboxylic acids is 1. The molecule has 1 aliphatic heterocycles. The summed E-state index contributed by atoms with van der Waals surface area (Å²) in [6.07, 6.45) is 3.33.